The van der Waals surface area contributed by atoms with Gasteiger partial charge in [-0.15, -0.1) is 0 Å². The molecule has 3 aromatic carbocycles. The van der Waals surface area contributed by atoms with Crippen molar-refractivity contribution in [2.45, 2.75) is 37.8 Å². The molecule has 0 unspecified atom stereocenters. The van der Waals surface area contributed by atoms with Gasteiger partial charge in [-0.25, -0.2) is 0 Å². The van der Waals surface area contributed by atoms with Gasteiger partial charge >= 0.3 is 0 Å². The summed E-state index contributed by atoms with van der Waals surface area (Å²) in [5.74, 6) is 1.53. The second kappa shape index (κ2) is 9.60. The lowest BCUT2D eigenvalue weighted by Gasteiger charge is -2.57. The Morgan fingerprint density at radius 1 is 0.944 bits per heavy atom. The van der Waals surface area contributed by atoms with Crippen molar-refractivity contribution in [3.8, 4) is 22.6 Å². The summed E-state index contributed by atoms with van der Waals surface area (Å²) in [6.07, 6.45) is 1.96. The number of benzene rings is 3. The fraction of sp³-hybridized carbons (Fsp3) is 0.367. The van der Waals surface area contributed by atoms with Gasteiger partial charge in [-0.2, -0.15) is 0 Å². The topological polar surface area (TPSA) is 62.2 Å². The number of hydrogen-bond acceptors (Lipinski definition) is 5. The number of aliphatic hydroxyl groups is 1. The molecule has 0 saturated carbocycles. The van der Waals surface area contributed by atoms with E-state index in [4.69, 9.17) is 9.47 Å². The number of amides is 1. The molecule has 3 aromatic rings. The van der Waals surface area contributed by atoms with E-state index in [0.29, 0.717) is 23.6 Å². The van der Waals surface area contributed by atoms with Crippen LogP contribution in [0.2, 0.25) is 0 Å². The zero-order valence-corrected chi connectivity index (χ0v) is 20.6. The number of rotatable bonds is 4. The van der Waals surface area contributed by atoms with Gasteiger partial charge in [-0.05, 0) is 61.2 Å². The molecule has 6 rings (SSSR count). The molecule has 0 bridgehead atoms. The monoisotopic (exact) mass is 484 g/mol. The van der Waals surface area contributed by atoms with Crippen LogP contribution in [0.15, 0.2) is 66.7 Å². The quantitative estimate of drug-likeness (QED) is 0.593. The summed E-state index contributed by atoms with van der Waals surface area (Å²) >= 11 is 0. The molecule has 3 atom stereocenters. The van der Waals surface area contributed by atoms with Gasteiger partial charge in [0, 0.05) is 36.7 Å². The number of ether oxygens (including phenoxy) is 2. The van der Waals surface area contributed by atoms with Crippen LogP contribution in [-0.2, 0) is 0 Å². The lowest BCUT2D eigenvalue weighted by atomic mass is 9.74. The predicted molar refractivity (Wildman–Crippen MR) is 138 cm³/mol. The number of carbonyl (C=O) groups is 1. The highest BCUT2D eigenvalue weighted by atomic mass is 16.7. The Labute approximate surface area is 212 Å². The second-order valence-electron chi connectivity index (χ2n) is 10.1. The van der Waals surface area contributed by atoms with Crippen molar-refractivity contribution in [2.24, 2.45) is 0 Å². The minimum absolute atomic E-state index is 0.0242. The van der Waals surface area contributed by atoms with Crippen molar-refractivity contribution in [3.63, 3.8) is 0 Å². The highest BCUT2D eigenvalue weighted by molar-refractivity contribution is 5.95. The number of aliphatic hydroxyl groups excluding tert-OH is 1. The third-order valence-electron chi connectivity index (χ3n) is 7.92. The first-order valence-corrected chi connectivity index (χ1v) is 12.8. The lowest BCUT2D eigenvalue weighted by Crippen LogP contribution is -2.67. The maximum Gasteiger partial charge on any atom is 0.254 e. The van der Waals surface area contributed by atoms with Crippen LogP contribution in [0.5, 0.6) is 11.5 Å². The van der Waals surface area contributed by atoms with Crippen molar-refractivity contribution in [1.82, 2.24) is 9.80 Å². The molecule has 2 saturated heterocycles. The van der Waals surface area contributed by atoms with E-state index in [0.717, 1.165) is 25.9 Å². The van der Waals surface area contributed by atoms with Gasteiger partial charge in [0.15, 0.2) is 11.5 Å². The average Bonchev–Trinajstić information content (AvgIpc) is 3.36. The molecule has 0 aliphatic carbocycles. The van der Waals surface area contributed by atoms with Crippen molar-refractivity contribution < 1.29 is 19.4 Å². The van der Waals surface area contributed by atoms with Gasteiger partial charge in [0.25, 0.3) is 5.91 Å². The Bertz CT molecular complexity index is 1260. The summed E-state index contributed by atoms with van der Waals surface area (Å²) in [6.45, 7) is 4.77. The molecule has 36 heavy (non-hydrogen) atoms. The van der Waals surface area contributed by atoms with Crippen LogP contribution in [0, 0.1) is 6.92 Å². The molecular weight excluding hydrogens is 452 g/mol. The molecule has 2 fully saturated rings. The van der Waals surface area contributed by atoms with E-state index in [9.17, 15) is 9.90 Å². The Hall–Kier alpha value is -3.35. The zero-order chi connectivity index (χ0) is 24.6. The summed E-state index contributed by atoms with van der Waals surface area (Å²) in [7, 11) is 0. The van der Waals surface area contributed by atoms with E-state index in [1.54, 1.807) is 6.07 Å². The van der Waals surface area contributed by atoms with Gasteiger partial charge in [-0.3, -0.25) is 9.69 Å². The van der Waals surface area contributed by atoms with Crippen molar-refractivity contribution in [1.29, 1.82) is 0 Å². The lowest BCUT2D eigenvalue weighted by molar-refractivity contribution is -0.0606. The molecule has 3 aliphatic heterocycles. The third kappa shape index (κ3) is 4.14. The smallest absolute Gasteiger partial charge is 0.254 e. The van der Waals surface area contributed by atoms with Crippen LogP contribution in [-0.4, -0.2) is 65.9 Å². The molecule has 6 nitrogen and oxygen atoms in total. The predicted octanol–water partition coefficient (Wildman–Crippen LogP) is 4.46. The standard InChI is InChI=1S/C30H32N2O4/c1-20-5-4-6-23(15-20)21-7-9-22(10-8-21)29-25-17-31(13-2-3-14-32(25)26(29)18-33)30(34)24-11-12-27-28(16-24)36-19-35-27/h4-12,15-16,25-26,29,33H,2-3,13-14,17-19H2,1H3/t25-,26-,29-/m1/s1. The summed E-state index contributed by atoms with van der Waals surface area (Å²) in [6, 6.07) is 23.0. The van der Waals surface area contributed by atoms with Crippen LogP contribution in [0.25, 0.3) is 11.1 Å². The summed E-state index contributed by atoms with van der Waals surface area (Å²) in [4.78, 5) is 17.9. The first-order valence-electron chi connectivity index (χ1n) is 12.8. The number of carbonyl (C=O) groups excluding carboxylic acids is 1. The van der Waals surface area contributed by atoms with Gasteiger partial charge in [0.05, 0.1) is 6.61 Å². The third-order valence-corrected chi connectivity index (χ3v) is 7.92. The average molecular weight is 485 g/mol. The molecule has 3 aliphatic rings. The van der Waals surface area contributed by atoms with Crippen LogP contribution < -0.4 is 9.47 Å². The fourth-order valence-corrected chi connectivity index (χ4v) is 6.06. The Kier molecular flexibility index (Phi) is 6.15. The van der Waals surface area contributed by atoms with Gasteiger partial charge in [-0.1, -0.05) is 54.1 Å². The SMILES string of the molecule is Cc1cccc(-c2ccc([C@H]3[C@@H](CO)N4CCCCN(C(=O)c5ccc6c(c5)OCO6)C[C@H]34)cc2)c1. The number of hydrogen-bond donors (Lipinski definition) is 1. The van der Waals surface area contributed by atoms with Crippen molar-refractivity contribution >= 4 is 5.91 Å². The van der Waals surface area contributed by atoms with E-state index in [1.807, 2.05) is 17.0 Å². The Balaban J connectivity index is 1.24. The van der Waals surface area contributed by atoms with Crippen molar-refractivity contribution in [3.05, 3.63) is 83.4 Å². The van der Waals surface area contributed by atoms with Crippen LogP contribution in [0.4, 0.5) is 0 Å². The number of aryl methyl sites for hydroxylation is 1. The first kappa shape index (κ1) is 23.1. The summed E-state index contributed by atoms with van der Waals surface area (Å²) in [5, 5.41) is 10.3. The molecule has 6 heteroatoms. The molecule has 0 aromatic heterocycles. The molecule has 3 heterocycles. The Morgan fingerprint density at radius 2 is 1.75 bits per heavy atom. The van der Waals surface area contributed by atoms with E-state index < -0.39 is 0 Å². The normalized spacial score (nSPS) is 23.4. The maximum atomic E-state index is 13.5. The molecule has 1 amide bonds. The summed E-state index contributed by atoms with van der Waals surface area (Å²) < 4.78 is 10.9. The van der Waals surface area contributed by atoms with Gasteiger partial charge in [0.1, 0.15) is 0 Å². The fourth-order valence-electron chi connectivity index (χ4n) is 6.06. The zero-order valence-electron chi connectivity index (χ0n) is 20.6. The first-order chi connectivity index (χ1) is 17.6. The molecule has 186 valence electrons. The molecule has 0 radical (unpaired) electrons. The van der Waals surface area contributed by atoms with E-state index >= 15 is 0 Å². The number of fused-ring (bicyclic) bond motifs is 2. The minimum Gasteiger partial charge on any atom is -0.454 e. The Morgan fingerprint density at radius 3 is 2.56 bits per heavy atom. The van der Waals surface area contributed by atoms with E-state index in [2.05, 4.69) is 60.4 Å². The highest BCUT2D eigenvalue weighted by Crippen LogP contribution is 2.42. The van der Waals surface area contributed by atoms with Crippen LogP contribution in [0.1, 0.15) is 40.2 Å². The molecular formula is C30H32N2O4. The second-order valence-corrected chi connectivity index (χ2v) is 10.1. The minimum atomic E-state index is 0.0242. The van der Waals surface area contributed by atoms with Crippen LogP contribution >= 0.6 is 0 Å². The maximum absolute atomic E-state index is 13.5. The summed E-state index contributed by atoms with van der Waals surface area (Å²) in [5.41, 5.74) is 5.50. The number of nitrogens with zero attached hydrogens (tertiary/aromatic N) is 2. The van der Waals surface area contributed by atoms with Gasteiger partial charge in [0.2, 0.25) is 6.79 Å². The molecule has 1 N–H and O–H groups in total. The largest absolute Gasteiger partial charge is 0.454 e. The van der Waals surface area contributed by atoms with Gasteiger partial charge < -0.3 is 19.5 Å². The van der Waals surface area contributed by atoms with Crippen molar-refractivity contribution in [2.75, 3.05) is 33.0 Å². The molecule has 0 spiro atoms. The van der Waals surface area contributed by atoms with E-state index in [1.165, 1.54) is 22.3 Å². The van der Waals surface area contributed by atoms with Crippen LogP contribution in [0.3, 0.4) is 0 Å². The highest BCUT2D eigenvalue weighted by Gasteiger charge is 2.49. The van der Waals surface area contributed by atoms with E-state index in [-0.39, 0.29) is 37.3 Å².